The highest BCUT2D eigenvalue weighted by Gasteiger charge is 2.38. The van der Waals surface area contributed by atoms with E-state index in [1.165, 1.54) is 12.1 Å². The highest BCUT2D eigenvalue weighted by Crippen LogP contribution is 2.33. The number of aliphatic hydroxyl groups is 1. The van der Waals surface area contributed by atoms with Crippen molar-refractivity contribution in [1.29, 1.82) is 0 Å². The van der Waals surface area contributed by atoms with Gasteiger partial charge in [0, 0.05) is 38.2 Å². The van der Waals surface area contributed by atoms with E-state index in [4.69, 9.17) is 4.98 Å². The number of hydrogen-bond donors (Lipinski definition) is 2. The van der Waals surface area contributed by atoms with Crippen LogP contribution in [0, 0.1) is 0 Å². The molecule has 1 aliphatic carbocycles. The minimum absolute atomic E-state index is 0.0260. The number of carbonyl (C=O) groups is 1. The fourth-order valence-electron chi connectivity index (χ4n) is 4.95. The summed E-state index contributed by atoms with van der Waals surface area (Å²) >= 11 is 0. The predicted molar refractivity (Wildman–Crippen MR) is 123 cm³/mol. The van der Waals surface area contributed by atoms with Crippen LogP contribution in [0.5, 0.6) is 5.75 Å². The molecular weight excluding hydrogens is 460 g/mol. The molecule has 0 bridgehead atoms. The number of benzene rings is 1. The zero-order valence-electron chi connectivity index (χ0n) is 18.8. The number of alkyl halides is 2. The van der Waals surface area contributed by atoms with Gasteiger partial charge < -0.3 is 25.0 Å². The number of ether oxygens (including phenoxy) is 1. The Kier molecular flexibility index (Phi) is 5.39. The van der Waals surface area contributed by atoms with E-state index in [1.54, 1.807) is 23.0 Å². The molecule has 6 rings (SSSR count). The highest BCUT2D eigenvalue weighted by atomic mass is 19.3. The molecule has 2 aromatic heterocycles. The summed E-state index contributed by atoms with van der Waals surface area (Å²) in [5.74, 6) is 1.34. The van der Waals surface area contributed by atoms with Crippen LogP contribution in [-0.4, -0.2) is 80.1 Å². The van der Waals surface area contributed by atoms with E-state index in [2.05, 4.69) is 25.0 Å². The summed E-state index contributed by atoms with van der Waals surface area (Å²) in [5, 5.41) is 18.1. The molecule has 10 nitrogen and oxygen atoms in total. The first-order valence-corrected chi connectivity index (χ1v) is 11.7. The van der Waals surface area contributed by atoms with Gasteiger partial charge in [0.2, 0.25) is 11.9 Å². The summed E-state index contributed by atoms with van der Waals surface area (Å²) in [7, 11) is 0. The maximum absolute atomic E-state index is 12.7. The Morgan fingerprint density at radius 2 is 2.03 bits per heavy atom. The largest absolute Gasteiger partial charge is 0.435 e. The number of nitrogens with zero attached hydrogens (tertiary/aromatic N) is 6. The minimum atomic E-state index is -2.93. The third-order valence-electron chi connectivity index (χ3n) is 6.85. The molecule has 0 spiro atoms. The lowest BCUT2D eigenvalue weighted by molar-refractivity contribution is -0.130. The molecule has 2 saturated heterocycles. The first-order chi connectivity index (χ1) is 16.9. The van der Waals surface area contributed by atoms with E-state index in [-0.39, 0.29) is 29.8 Å². The normalized spacial score (nSPS) is 22.6. The lowest BCUT2D eigenvalue weighted by Crippen LogP contribution is -2.60. The highest BCUT2D eigenvalue weighted by molar-refractivity contribution is 5.90. The summed E-state index contributed by atoms with van der Waals surface area (Å²) < 4.78 is 31.6. The van der Waals surface area contributed by atoms with Gasteiger partial charge in [-0.25, -0.2) is 4.68 Å². The molecule has 3 fully saturated rings. The van der Waals surface area contributed by atoms with Crippen LogP contribution in [0.3, 0.4) is 0 Å². The number of halogens is 2. The van der Waals surface area contributed by atoms with Crippen molar-refractivity contribution in [3.05, 3.63) is 30.5 Å². The van der Waals surface area contributed by atoms with Gasteiger partial charge in [-0.15, -0.1) is 0 Å². The maximum atomic E-state index is 12.7. The van der Waals surface area contributed by atoms with Crippen LogP contribution in [0.2, 0.25) is 0 Å². The third-order valence-corrected chi connectivity index (χ3v) is 6.85. The molecule has 35 heavy (non-hydrogen) atoms. The topological polar surface area (TPSA) is 109 Å². The van der Waals surface area contributed by atoms with Crippen molar-refractivity contribution < 1.29 is 23.4 Å². The van der Waals surface area contributed by atoms with Gasteiger partial charge in [0.05, 0.1) is 29.4 Å². The lowest BCUT2D eigenvalue weighted by Gasteiger charge is -2.44. The van der Waals surface area contributed by atoms with Crippen molar-refractivity contribution in [2.45, 2.75) is 50.5 Å². The van der Waals surface area contributed by atoms with Crippen molar-refractivity contribution >= 4 is 28.7 Å². The number of fused-ring (bicyclic) bond motifs is 1. The van der Waals surface area contributed by atoms with Gasteiger partial charge in [0.25, 0.3) is 0 Å². The maximum Gasteiger partial charge on any atom is 0.387 e. The fourth-order valence-corrected chi connectivity index (χ4v) is 4.95. The van der Waals surface area contributed by atoms with E-state index in [9.17, 15) is 18.7 Å². The number of anilines is 2. The lowest BCUT2D eigenvalue weighted by atomic mass is 9.90. The zero-order valence-corrected chi connectivity index (χ0v) is 18.8. The number of aromatic nitrogens is 4. The van der Waals surface area contributed by atoms with Gasteiger partial charge in [-0.2, -0.15) is 23.8 Å². The van der Waals surface area contributed by atoms with Gasteiger partial charge in [-0.05, 0) is 31.4 Å². The molecule has 12 heteroatoms. The number of rotatable bonds is 7. The Labute approximate surface area is 199 Å². The van der Waals surface area contributed by atoms with E-state index < -0.39 is 6.61 Å². The second-order valence-electron chi connectivity index (χ2n) is 9.26. The van der Waals surface area contributed by atoms with Gasteiger partial charge >= 0.3 is 6.61 Å². The Hall–Kier alpha value is -3.54. The van der Waals surface area contributed by atoms with E-state index in [0.29, 0.717) is 55.5 Å². The van der Waals surface area contributed by atoms with Gasteiger partial charge in [0.15, 0.2) is 5.65 Å². The van der Waals surface area contributed by atoms with Crippen LogP contribution < -0.4 is 15.0 Å². The molecule has 3 aliphatic rings. The number of aliphatic hydroxyl groups excluding tert-OH is 1. The standard InChI is InChI=1S/C23H25F2N7O3/c24-22(25)35-17-4-1-3-14(9-17)32-21-18(10-26-32)20(28-23(29-21)27-13-7-16(33)8-13)30-11-15(12-30)31-6-2-5-19(31)34/h1,3-4,9-10,13,15-16,22,33H,2,5-8,11-12H2,(H,27,28,29)/t13-,16+. The molecule has 1 amide bonds. The number of carbonyl (C=O) groups excluding carboxylic acids is 1. The molecule has 4 heterocycles. The smallest absolute Gasteiger partial charge is 0.387 e. The Bertz CT molecular complexity index is 1260. The van der Waals surface area contributed by atoms with Crippen molar-refractivity contribution in [3.63, 3.8) is 0 Å². The molecule has 2 N–H and O–H groups in total. The molecule has 1 aromatic carbocycles. The van der Waals surface area contributed by atoms with Crippen LogP contribution in [-0.2, 0) is 4.79 Å². The summed E-state index contributed by atoms with van der Waals surface area (Å²) in [4.78, 5) is 25.6. The summed E-state index contributed by atoms with van der Waals surface area (Å²) in [6.07, 6.45) is 4.08. The molecule has 0 radical (unpaired) electrons. The van der Waals surface area contributed by atoms with E-state index in [0.717, 1.165) is 18.4 Å². The Morgan fingerprint density at radius 1 is 1.20 bits per heavy atom. The van der Waals surface area contributed by atoms with Crippen LogP contribution in [0.4, 0.5) is 20.5 Å². The summed E-state index contributed by atoms with van der Waals surface area (Å²) in [6, 6.07) is 6.52. The average molecular weight is 485 g/mol. The third kappa shape index (κ3) is 4.11. The van der Waals surface area contributed by atoms with Crippen LogP contribution in [0.1, 0.15) is 25.7 Å². The molecule has 2 aliphatic heterocycles. The molecule has 3 aromatic rings. The molecular formula is C23H25F2N7O3. The fraction of sp³-hybridized carbons (Fsp3) is 0.478. The summed E-state index contributed by atoms with van der Waals surface area (Å²) in [6.45, 7) is -0.795. The molecule has 0 atom stereocenters. The van der Waals surface area contributed by atoms with Gasteiger partial charge in [0.1, 0.15) is 11.6 Å². The average Bonchev–Trinajstić information content (AvgIpc) is 3.38. The Morgan fingerprint density at radius 3 is 2.74 bits per heavy atom. The van der Waals surface area contributed by atoms with Crippen molar-refractivity contribution in [2.24, 2.45) is 0 Å². The number of likely N-dealkylation sites (tertiary alicyclic amines) is 1. The van der Waals surface area contributed by atoms with Crippen molar-refractivity contribution in [2.75, 3.05) is 29.9 Å². The van der Waals surface area contributed by atoms with E-state index in [1.807, 2.05) is 4.90 Å². The second-order valence-corrected chi connectivity index (χ2v) is 9.26. The van der Waals surface area contributed by atoms with E-state index >= 15 is 0 Å². The molecule has 1 saturated carbocycles. The Balaban J connectivity index is 1.34. The van der Waals surface area contributed by atoms with Crippen LogP contribution >= 0.6 is 0 Å². The number of hydrogen-bond acceptors (Lipinski definition) is 8. The first kappa shape index (κ1) is 22.0. The van der Waals surface area contributed by atoms with Crippen LogP contribution in [0.15, 0.2) is 30.5 Å². The minimum Gasteiger partial charge on any atom is -0.435 e. The van der Waals surface area contributed by atoms with Crippen LogP contribution in [0.25, 0.3) is 16.7 Å². The zero-order chi connectivity index (χ0) is 24.1. The molecule has 184 valence electrons. The number of amides is 1. The summed E-state index contributed by atoms with van der Waals surface area (Å²) in [5.41, 5.74) is 1.05. The quantitative estimate of drug-likeness (QED) is 0.524. The van der Waals surface area contributed by atoms with Gasteiger partial charge in [-0.1, -0.05) is 6.07 Å². The molecule has 0 unspecified atom stereocenters. The van der Waals surface area contributed by atoms with Gasteiger partial charge in [-0.3, -0.25) is 4.79 Å². The van der Waals surface area contributed by atoms with Crippen molar-refractivity contribution in [3.8, 4) is 11.4 Å². The SMILES string of the molecule is O=C1CCCN1C1CN(c2nc(N[C@H]3C[C@@H](O)C3)nc3c2cnn3-c2cccc(OC(F)F)c2)C1. The van der Waals surface area contributed by atoms with Crippen molar-refractivity contribution in [1.82, 2.24) is 24.6 Å². The first-order valence-electron chi connectivity index (χ1n) is 11.7. The monoisotopic (exact) mass is 485 g/mol. The number of nitrogens with one attached hydrogen (secondary N) is 1. The second kappa shape index (κ2) is 8.59. The predicted octanol–water partition coefficient (Wildman–Crippen LogP) is 2.16.